The minimum atomic E-state index is 0.763. The Morgan fingerprint density at radius 2 is 2.12 bits per heavy atom. The lowest BCUT2D eigenvalue weighted by atomic mass is 9.99. The van der Waals surface area contributed by atoms with Gasteiger partial charge in [-0.25, -0.2) is 4.98 Å². The number of methoxy groups -OCH3 is 1. The molecular formula is C20H19N5O. The number of benzene rings is 1. The van der Waals surface area contributed by atoms with Gasteiger partial charge in [0.05, 0.1) is 18.8 Å². The first-order valence-electron chi connectivity index (χ1n) is 8.78. The Bertz CT molecular complexity index is 1120. The van der Waals surface area contributed by atoms with Gasteiger partial charge < -0.3 is 4.74 Å². The van der Waals surface area contributed by atoms with E-state index in [0.717, 1.165) is 52.1 Å². The fraction of sp³-hybridized carbons (Fsp3) is 0.250. The third kappa shape index (κ3) is 2.22. The maximum absolute atomic E-state index is 5.66. The van der Waals surface area contributed by atoms with Crippen molar-refractivity contribution in [2.75, 3.05) is 7.11 Å². The van der Waals surface area contributed by atoms with Crippen LogP contribution in [0.5, 0.6) is 5.75 Å². The zero-order valence-electron chi connectivity index (χ0n) is 14.8. The quantitative estimate of drug-likeness (QED) is 0.617. The SMILES string of the molecule is COc1cc2[nH]nc(-c3cnn(C)c3)c2nc1-c1cccc2c1CCC2. The largest absolute Gasteiger partial charge is 0.494 e. The summed E-state index contributed by atoms with van der Waals surface area (Å²) in [7, 11) is 3.58. The summed E-state index contributed by atoms with van der Waals surface area (Å²) in [5.41, 5.74) is 8.31. The van der Waals surface area contributed by atoms with E-state index in [1.165, 1.54) is 17.5 Å². The molecule has 0 saturated carbocycles. The minimum absolute atomic E-state index is 0.763. The molecule has 0 atom stereocenters. The predicted molar refractivity (Wildman–Crippen MR) is 100 cm³/mol. The number of pyridine rings is 1. The highest BCUT2D eigenvalue weighted by Gasteiger charge is 2.21. The Morgan fingerprint density at radius 1 is 1.19 bits per heavy atom. The van der Waals surface area contributed by atoms with Gasteiger partial charge in [-0.2, -0.15) is 10.2 Å². The molecule has 0 amide bonds. The molecule has 1 aliphatic rings. The number of rotatable bonds is 3. The van der Waals surface area contributed by atoms with Crippen LogP contribution < -0.4 is 4.74 Å². The van der Waals surface area contributed by atoms with E-state index >= 15 is 0 Å². The maximum atomic E-state index is 5.66. The molecule has 1 aromatic carbocycles. The second-order valence-corrected chi connectivity index (χ2v) is 6.71. The van der Waals surface area contributed by atoms with Crippen molar-refractivity contribution in [2.24, 2.45) is 7.05 Å². The Kier molecular flexibility index (Phi) is 3.31. The van der Waals surface area contributed by atoms with Gasteiger partial charge >= 0.3 is 0 Å². The number of ether oxygens (including phenoxy) is 1. The second-order valence-electron chi connectivity index (χ2n) is 6.71. The Labute approximate surface area is 150 Å². The van der Waals surface area contributed by atoms with Gasteiger partial charge in [0.2, 0.25) is 0 Å². The molecule has 0 saturated heterocycles. The Morgan fingerprint density at radius 3 is 2.92 bits per heavy atom. The number of aromatic nitrogens is 5. The first-order valence-corrected chi connectivity index (χ1v) is 8.78. The van der Waals surface area contributed by atoms with E-state index in [1.54, 1.807) is 18.0 Å². The molecule has 3 aromatic heterocycles. The molecule has 0 bridgehead atoms. The van der Waals surface area contributed by atoms with Gasteiger partial charge in [0.25, 0.3) is 0 Å². The summed E-state index contributed by atoms with van der Waals surface area (Å²) < 4.78 is 7.43. The molecule has 5 rings (SSSR count). The zero-order chi connectivity index (χ0) is 17.7. The number of nitrogens with zero attached hydrogens (tertiary/aromatic N) is 4. The van der Waals surface area contributed by atoms with Crippen molar-refractivity contribution < 1.29 is 4.74 Å². The van der Waals surface area contributed by atoms with E-state index in [-0.39, 0.29) is 0 Å². The van der Waals surface area contributed by atoms with Gasteiger partial charge in [-0.1, -0.05) is 18.2 Å². The van der Waals surface area contributed by atoms with Crippen LogP contribution in [0.2, 0.25) is 0 Å². The lowest BCUT2D eigenvalue weighted by Crippen LogP contribution is -1.96. The molecule has 0 fully saturated rings. The summed E-state index contributed by atoms with van der Waals surface area (Å²) in [6, 6.07) is 8.46. The first-order chi connectivity index (χ1) is 12.7. The van der Waals surface area contributed by atoms with Crippen molar-refractivity contribution in [2.45, 2.75) is 19.3 Å². The molecule has 6 heteroatoms. The highest BCUT2D eigenvalue weighted by molar-refractivity contribution is 5.92. The van der Waals surface area contributed by atoms with Gasteiger partial charge in [-0.05, 0) is 30.4 Å². The van der Waals surface area contributed by atoms with Crippen LogP contribution in [-0.4, -0.2) is 32.1 Å². The summed E-state index contributed by atoms with van der Waals surface area (Å²) in [6.45, 7) is 0. The van der Waals surface area contributed by atoms with Gasteiger partial charge in [-0.15, -0.1) is 0 Å². The molecule has 1 N–H and O–H groups in total. The highest BCUT2D eigenvalue weighted by Crippen LogP contribution is 2.38. The van der Waals surface area contributed by atoms with Crippen molar-refractivity contribution in [1.82, 2.24) is 25.0 Å². The van der Waals surface area contributed by atoms with E-state index in [9.17, 15) is 0 Å². The van der Waals surface area contributed by atoms with Crippen LogP contribution in [-0.2, 0) is 19.9 Å². The molecule has 1 aliphatic carbocycles. The number of nitrogens with one attached hydrogen (secondary N) is 1. The van der Waals surface area contributed by atoms with E-state index in [1.807, 2.05) is 19.3 Å². The molecule has 130 valence electrons. The normalized spacial score (nSPS) is 13.3. The average molecular weight is 345 g/mol. The number of hydrogen-bond acceptors (Lipinski definition) is 4. The summed E-state index contributed by atoms with van der Waals surface area (Å²) in [5.74, 6) is 0.763. The summed E-state index contributed by atoms with van der Waals surface area (Å²) in [5, 5.41) is 11.8. The lowest BCUT2D eigenvalue weighted by molar-refractivity contribution is 0.415. The lowest BCUT2D eigenvalue weighted by Gasteiger charge is -2.12. The Hall–Kier alpha value is -3.15. The summed E-state index contributed by atoms with van der Waals surface area (Å²) in [4.78, 5) is 4.98. The zero-order valence-corrected chi connectivity index (χ0v) is 14.8. The van der Waals surface area contributed by atoms with Gasteiger partial charge in [0, 0.05) is 30.4 Å². The fourth-order valence-electron chi connectivity index (χ4n) is 3.86. The van der Waals surface area contributed by atoms with Crippen LogP contribution in [0.4, 0.5) is 0 Å². The third-order valence-electron chi connectivity index (χ3n) is 5.10. The minimum Gasteiger partial charge on any atom is -0.494 e. The number of aromatic amines is 1. The van der Waals surface area contributed by atoms with Crippen LogP contribution in [0.1, 0.15) is 17.5 Å². The van der Waals surface area contributed by atoms with Crippen molar-refractivity contribution >= 4 is 11.0 Å². The predicted octanol–water partition coefficient (Wildman–Crippen LogP) is 3.52. The van der Waals surface area contributed by atoms with Crippen molar-refractivity contribution in [3.05, 3.63) is 47.8 Å². The van der Waals surface area contributed by atoms with Crippen LogP contribution in [0.3, 0.4) is 0 Å². The molecular weight excluding hydrogens is 326 g/mol. The molecule has 0 aliphatic heterocycles. The number of hydrogen-bond donors (Lipinski definition) is 1. The average Bonchev–Trinajstić information content (AvgIpc) is 3.38. The number of H-pyrrole nitrogens is 1. The smallest absolute Gasteiger partial charge is 0.147 e. The van der Waals surface area contributed by atoms with Crippen molar-refractivity contribution in [3.63, 3.8) is 0 Å². The van der Waals surface area contributed by atoms with E-state index < -0.39 is 0 Å². The molecule has 0 radical (unpaired) electrons. The van der Waals surface area contributed by atoms with E-state index in [4.69, 9.17) is 9.72 Å². The molecule has 3 heterocycles. The van der Waals surface area contributed by atoms with Crippen LogP contribution in [0.25, 0.3) is 33.5 Å². The third-order valence-corrected chi connectivity index (χ3v) is 5.10. The molecule has 0 unspecified atom stereocenters. The number of fused-ring (bicyclic) bond motifs is 2. The van der Waals surface area contributed by atoms with Crippen LogP contribution >= 0.6 is 0 Å². The molecule has 4 aromatic rings. The summed E-state index contributed by atoms with van der Waals surface area (Å²) in [6.07, 6.45) is 7.18. The topological polar surface area (TPSA) is 68.6 Å². The molecule has 26 heavy (non-hydrogen) atoms. The highest BCUT2D eigenvalue weighted by atomic mass is 16.5. The van der Waals surface area contributed by atoms with E-state index in [0.29, 0.717) is 0 Å². The molecule has 6 nitrogen and oxygen atoms in total. The summed E-state index contributed by atoms with van der Waals surface area (Å²) >= 11 is 0. The van der Waals surface area contributed by atoms with Crippen LogP contribution in [0.15, 0.2) is 36.7 Å². The standard InChI is InChI=1S/C20H19N5O/c1-25-11-13(10-21-25)18-20-16(23-24-18)9-17(26-2)19(22-20)15-8-4-6-12-5-3-7-14(12)15/h4,6,8-11H,3,5,7H2,1-2H3,(H,23,24). The number of aryl methyl sites for hydroxylation is 2. The van der Waals surface area contributed by atoms with E-state index in [2.05, 4.69) is 33.5 Å². The first kappa shape index (κ1) is 15.1. The fourth-order valence-corrected chi connectivity index (χ4v) is 3.86. The monoisotopic (exact) mass is 345 g/mol. The Balaban J connectivity index is 1.76. The van der Waals surface area contributed by atoms with Crippen molar-refractivity contribution in [3.8, 4) is 28.3 Å². The van der Waals surface area contributed by atoms with Gasteiger partial charge in [0.15, 0.2) is 0 Å². The maximum Gasteiger partial charge on any atom is 0.147 e. The van der Waals surface area contributed by atoms with Crippen LogP contribution in [0, 0.1) is 0 Å². The van der Waals surface area contributed by atoms with Crippen molar-refractivity contribution in [1.29, 1.82) is 0 Å². The van der Waals surface area contributed by atoms with Gasteiger partial charge in [0.1, 0.15) is 22.7 Å². The molecule has 0 spiro atoms. The van der Waals surface area contributed by atoms with Gasteiger partial charge in [-0.3, -0.25) is 9.78 Å². The second kappa shape index (κ2) is 5.69.